The largest absolute Gasteiger partial charge is 0.325 e. The van der Waals surface area contributed by atoms with Crippen molar-refractivity contribution in [2.24, 2.45) is 0 Å². The van der Waals surface area contributed by atoms with Gasteiger partial charge in [0.25, 0.3) is 5.56 Å². The third-order valence-electron chi connectivity index (χ3n) is 3.03. The predicted molar refractivity (Wildman–Crippen MR) is 90.7 cm³/mol. The SMILES string of the molecule is O=C(CSc1nc2c(c(=O)[nH]1)CSC2)Nc1ccc(Cl)cc1. The predicted octanol–water partition coefficient (Wildman–Crippen LogP) is 2.90. The van der Waals surface area contributed by atoms with E-state index in [9.17, 15) is 9.59 Å². The van der Waals surface area contributed by atoms with Crippen LogP contribution in [0.2, 0.25) is 5.02 Å². The smallest absolute Gasteiger partial charge is 0.255 e. The third kappa shape index (κ3) is 3.66. The number of benzene rings is 1. The molecule has 2 heterocycles. The third-order valence-corrected chi connectivity index (χ3v) is 5.13. The van der Waals surface area contributed by atoms with Crippen LogP contribution in [0.1, 0.15) is 11.3 Å². The topological polar surface area (TPSA) is 74.8 Å². The molecule has 5 nitrogen and oxygen atoms in total. The number of fused-ring (bicyclic) bond motifs is 1. The Kier molecular flexibility index (Phi) is 4.75. The fraction of sp³-hybridized carbons (Fsp3) is 0.214. The Hall–Kier alpha value is -1.44. The van der Waals surface area contributed by atoms with E-state index in [0.717, 1.165) is 17.0 Å². The number of H-pyrrole nitrogens is 1. The summed E-state index contributed by atoms with van der Waals surface area (Å²) in [5.41, 5.74) is 2.16. The lowest BCUT2D eigenvalue weighted by molar-refractivity contribution is -0.113. The van der Waals surface area contributed by atoms with Gasteiger partial charge in [-0.25, -0.2) is 4.98 Å². The van der Waals surface area contributed by atoms with E-state index in [0.29, 0.717) is 21.6 Å². The summed E-state index contributed by atoms with van der Waals surface area (Å²) in [6.45, 7) is 0. The number of aromatic nitrogens is 2. The Morgan fingerprint density at radius 1 is 1.36 bits per heavy atom. The number of amides is 1. The maximum Gasteiger partial charge on any atom is 0.255 e. The highest BCUT2D eigenvalue weighted by Crippen LogP contribution is 2.26. The average Bonchev–Trinajstić information content (AvgIpc) is 2.97. The van der Waals surface area contributed by atoms with E-state index >= 15 is 0 Å². The molecule has 114 valence electrons. The van der Waals surface area contributed by atoms with Crippen molar-refractivity contribution in [3.8, 4) is 0 Å². The molecular weight excluding hydrogens is 342 g/mol. The van der Waals surface area contributed by atoms with Gasteiger partial charge in [-0.3, -0.25) is 9.59 Å². The van der Waals surface area contributed by atoms with Crippen LogP contribution in [0.3, 0.4) is 0 Å². The second-order valence-electron chi connectivity index (χ2n) is 4.63. The molecule has 8 heteroatoms. The van der Waals surface area contributed by atoms with Crippen molar-refractivity contribution in [2.75, 3.05) is 11.1 Å². The molecule has 0 fully saturated rings. The van der Waals surface area contributed by atoms with Crippen molar-refractivity contribution in [3.63, 3.8) is 0 Å². The lowest BCUT2D eigenvalue weighted by Crippen LogP contribution is -2.17. The van der Waals surface area contributed by atoms with Crippen molar-refractivity contribution >= 4 is 46.7 Å². The summed E-state index contributed by atoms with van der Waals surface area (Å²) >= 11 is 8.68. The first-order chi connectivity index (χ1) is 10.6. The molecule has 1 aromatic heterocycles. The van der Waals surface area contributed by atoms with Crippen LogP contribution < -0.4 is 10.9 Å². The number of nitrogens with one attached hydrogen (secondary N) is 2. The molecule has 2 aromatic rings. The first-order valence-electron chi connectivity index (χ1n) is 6.50. The maximum atomic E-state index is 11.9. The van der Waals surface area contributed by atoms with Crippen LogP contribution in [0.25, 0.3) is 0 Å². The summed E-state index contributed by atoms with van der Waals surface area (Å²) in [7, 11) is 0. The summed E-state index contributed by atoms with van der Waals surface area (Å²) < 4.78 is 0. The van der Waals surface area contributed by atoms with Gasteiger partial charge in [-0.05, 0) is 24.3 Å². The molecule has 1 aliphatic heterocycles. The second-order valence-corrected chi connectivity index (χ2v) is 7.02. The maximum absolute atomic E-state index is 11.9. The standard InChI is InChI=1S/C14H12ClN3O2S2/c15-8-1-3-9(4-2-8)16-12(19)7-22-14-17-11-6-21-5-10(11)13(20)18-14/h1-4H,5-7H2,(H,16,19)(H,17,18,20). The second kappa shape index (κ2) is 6.76. The van der Waals surface area contributed by atoms with Gasteiger partial charge in [0, 0.05) is 27.8 Å². The van der Waals surface area contributed by atoms with Crippen molar-refractivity contribution in [2.45, 2.75) is 16.7 Å². The van der Waals surface area contributed by atoms with Gasteiger partial charge < -0.3 is 10.3 Å². The number of carbonyl (C=O) groups excluding carboxylic acids is 1. The van der Waals surface area contributed by atoms with Gasteiger partial charge in [0.2, 0.25) is 5.91 Å². The summed E-state index contributed by atoms with van der Waals surface area (Å²) in [5, 5.41) is 3.86. The monoisotopic (exact) mass is 353 g/mol. The minimum absolute atomic E-state index is 0.101. The number of hydrogen-bond acceptors (Lipinski definition) is 5. The van der Waals surface area contributed by atoms with Crippen molar-refractivity contribution in [1.82, 2.24) is 9.97 Å². The molecule has 0 atom stereocenters. The first kappa shape index (κ1) is 15.5. The van der Waals surface area contributed by atoms with Crippen LogP contribution in [-0.2, 0) is 16.3 Å². The minimum atomic E-state index is -0.162. The molecule has 0 aliphatic carbocycles. The Morgan fingerprint density at radius 2 is 2.14 bits per heavy atom. The van der Waals surface area contributed by atoms with Gasteiger partial charge in [-0.2, -0.15) is 11.8 Å². The van der Waals surface area contributed by atoms with Crippen LogP contribution in [0.5, 0.6) is 0 Å². The van der Waals surface area contributed by atoms with E-state index in [1.54, 1.807) is 36.0 Å². The van der Waals surface area contributed by atoms with E-state index in [4.69, 9.17) is 11.6 Å². The molecule has 22 heavy (non-hydrogen) atoms. The Morgan fingerprint density at radius 3 is 2.91 bits per heavy atom. The molecule has 1 aliphatic rings. The van der Waals surface area contributed by atoms with Gasteiger partial charge in [0.1, 0.15) is 0 Å². The van der Waals surface area contributed by atoms with E-state index in [-0.39, 0.29) is 17.2 Å². The Bertz CT molecular complexity index is 762. The Balaban J connectivity index is 1.60. The Labute approximate surface area is 140 Å². The normalized spacial score (nSPS) is 13.0. The number of nitrogens with zero attached hydrogens (tertiary/aromatic N) is 1. The van der Waals surface area contributed by atoms with Crippen LogP contribution in [-0.4, -0.2) is 21.6 Å². The highest BCUT2D eigenvalue weighted by atomic mass is 35.5. The average molecular weight is 354 g/mol. The molecule has 1 aromatic carbocycles. The van der Waals surface area contributed by atoms with E-state index < -0.39 is 0 Å². The number of carbonyl (C=O) groups is 1. The fourth-order valence-corrected chi connectivity index (χ4v) is 3.81. The van der Waals surface area contributed by atoms with Crippen LogP contribution in [0.4, 0.5) is 5.69 Å². The van der Waals surface area contributed by atoms with Gasteiger partial charge in [0.05, 0.1) is 11.4 Å². The summed E-state index contributed by atoms with van der Waals surface area (Å²) in [6, 6.07) is 6.89. The van der Waals surface area contributed by atoms with E-state index in [1.165, 1.54) is 11.8 Å². The molecule has 0 radical (unpaired) electrons. The van der Waals surface area contributed by atoms with E-state index in [1.807, 2.05) is 0 Å². The van der Waals surface area contributed by atoms with Gasteiger partial charge in [-0.1, -0.05) is 23.4 Å². The lowest BCUT2D eigenvalue weighted by Gasteiger charge is -2.05. The lowest BCUT2D eigenvalue weighted by atomic mass is 10.3. The number of rotatable bonds is 4. The first-order valence-corrected chi connectivity index (χ1v) is 9.01. The number of halogens is 1. The van der Waals surface area contributed by atoms with Crippen LogP contribution >= 0.6 is 35.1 Å². The van der Waals surface area contributed by atoms with Crippen LogP contribution in [0.15, 0.2) is 34.2 Å². The van der Waals surface area contributed by atoms with Gasteiger partial charge in [0.15, 0.2) is 5.16 Å². The summed E-state index contributed by atoms with van der Waals surface area (Å²) in [6.07, 6.45) is 0. The van der Waals surface area contributed by atoms with Crippen molar-refractivity contribution in [3.05, 3.63) is 50.9 Å². The zero-order valence-electron chi connectivity index (χ0n) is 11.4. The minimum Gasteiger partial charge on any atom is -0.325 e. The molecule has 0 bridgehead atoms. The highest BCUT2D eigenvalue weighted by molar-refractivity contribution is 7.99. The number of hydrogen-bond donors (Lipinski definition) is 2. The van der Waals surface area contributed by atoms with E-state index in [2.05, 4.69) is 15.3 Å². The molecular formula is C14H12ClN3O2S2. The van der Waals surface area contributed by atoms with Crippen molar-refractivity contribution in [1.29, 1.82) is 0 Å². The van der Waals surface area contributed by atoms with Gasteiger partial charge in [-0.15, -0.1) is 0 Å². The number of anilines is 1. The molecule has 2 N–H and O–H groups in total. The van der Waals surface area contributed by atoms with Gasteiger partial charge >= 0.3 is 0 Å². The van der Waals surface area contributed by atoms with Crippen molar-refractivity contribution < 1.29 is 4.79 Å². The zero-order valence-corrected chi connectivity index (χ0v) is 13.8. The molecule has 3 rings (SSSR count). The molecule has 0 spiro atoms. The molecule has 0 saturated heterocycles. The quantitative estimate of drug-likeness (QED) is 0.653. The molecule has 0 saturated carbocycles. The fourth-order valence-electron chi connectivity index (χ4n) is 1.97. The summed E-state index contributed by atoms with van der Waals surface area (Å²) in [4.78, 5) is 30.9. The molecule has 1 amide bonds. The summed E-state index contributed by atoms with van der Waals surface area (Å²) in [5.74, 6) is 1.48. The zero-order chi connectivity index (χ0) is 15.5. The number of aromatic amines is 1. The van der Waals surface area contributed by atoms with Crippen LogP contribution in [0, 0.1) is 0 Å². The highest BCUT2D eigenvalue weighted by Gasteiger charge is 2.18. The number of thioether (sulfide) groups is 2. The molecule has 0 unspecified atom stereocenters.